The van der Waals surface area contributed by atoms with Gasteiger partial charge < -0.3 is 9.64 Å². The number of thiocyanates is 1. The van der Waals surface area contributed by atoms with E-state index in [9.17, 15) is 4.79 Å². The minimum Gasteiger partial charge on any atom is -0.370 e. The number of benzene rings is 1. The number of nitriles is 1. The van der Waals surface area contributed by atoms with Crippen LogP contribution < -0.4 is 4.90 Å². The largest absolute Gasteiger partial charge is 0.370 e. The van der Waals surface area contributed by atoms with E-state index in [1.165, 1.54) is 0 Å². The molecule has 1 heterocycles. The molecule has 0 aromatic heterocycles. The Hall–Kier alpha value is -1.51. The summed E-state index contributed by atoms with van der Waals surface area (Å²) < 4.78 is 5.17. The molecule has 1 aromatic rings. The van der Waals surface area contributed by atoms with Crippen molar-refractivity contribution in [2.75, 3.05) is 24.7 Å². The number of anilines is 1. The topological polar surface area (TPSA) is 53.3 Å². The number of aryl methyl sites for hydroxylation is 2. The number of ether oxygens (including phenoxy) is 1. The summed E-state index contributed by atoms with van der Waals surface area (Å²) in [6.07, 6.45) is 0.834. The van der Waals surface area contributed by atoms with Crippen molar-refractivity contribution in [2.24, 2.45) is 0 Å². The first kappa shape index (κ1) is 13.9. The second-order valence-electron chi connectivity index (χ2n) is 4.39. The Morgan fingerprint density at radius 2 is 2.32 bits per heavy atom. The molecule has 0 saturated carbocycles. The first-order valence-corrected chi connectivity index (χ1v) is 7.06. The fourth-order valence-corrected chi connectivity index (χ4v) is 2.88. The first-order valence-electron chi connectivity index (χ1n) is 6.25. The zero-order valence-electron chi connectivity index (χ0n) is 11.1. The number of hydrogen-bond donors (Lipinski definition) is 0. The number of carbonyl (C=O) groups is 1. The predicted molar refractivity (Wildman–Crippen MR) is 75.2 cm³/mol. The van der Waals surface area contributed by atoms with Gasteiger partial charge in [-0.05, 0) is 48.4 Å². The van der Waals surface area contributed by atoms with Crippen molar-refractivity contribution in [3.8, 4) is 5.40 Å². The fourth-order valence-electron chi connectivity index (χ4n) is 2.34. The SMILES string of the molecule is CCc1cc(SC#N)cc(C)c1N1CCOCC1=O. The summed E-state index contributed by atoms with van der Waals surface area (Å²) >= 11 is 1.15. The van der Waals surface area contributed by atoms with Gasteiger partial charge in [0.25, 0.3) is 5.91 Å². The molecule has 2 rings (SSSR count). The molecule has 4 nitrogen and oxygen atoms in total. The van der Waals surface area contributed by atoms with Gasteiger partial charge in [0.1, 0.15) is 12.0 Å². The van der Waals surface area contributed by atoms with Crippen molar-refractivity contribution < 1.29 is 9.53 Å². The number of hydrogen-bond acceptors (Lipinski definition) is 4. The molecule has 1 aliphatic rings. The number of morpholine rings is 1. The van der Waals surface area contributed by atoms with Gasteiger partial charge in [0.05, 0.1) is 6.61 Å². The average Bonchev–Trinajstić information content (AvgIpc) is 2.40. The van der Waals surface area contributed by atoms with Gasteiger partial charge in [0, 0.05) is 17.1 Å². The zero-order valence-corrected chi connectivity index (χ0v) is 11.9. The van der Waals surface area contributed by atoms with E-state index in [4.69, 9.17) is 10.00 Å². The van der Waals surface area contributed by atoms with Crippen LogP contribution in [-0.4, -0.2) is 25.7 Å². The maximum absolute atomic E-state index is 12.0. The van der Waals surface area contributed by atoms with Gasteiger partial charge in [-0.3, -0.25) is 4.79 Å². The quantitative estimate of drug-likeness (QED) is 0.628. The lowest BCUT2D eigenvalue weighted by Crippen LogP contribution is -2.42. The minimum atomic E-state index is 0.00439. The lowest BCUT2D eigenvalue weighted by atomic mass is 10.0. The highest BCUT2D eigenvalue weighted by atomic mass is 32.2. The van der Waals surface area contributed by atoms with Crippen molar-refractivity contribution in [3.63, 3.8) is 0 Å². The lowest BCUT2D eigenvalue weighted by molar-refractivity contribution is -0.125. The second kappa shape index (κ2) is 6.09. The Morgan fingerprint density at radius 3 is 2.95 bits per heavy atom. The Kier molecular flexibility index (Phi) is 4.46. The van der Waals surface area contributed by atoms with Crippen LogP contribution in [0.15, 0.2) is 17.0 Å². The Balaban J connectivity index is 2.44. The molecule has 0 spiro atoms. The van der Waals surface area contributed by atoms with Gasteiger partial charge in [0.15, 0.2) is 0 Å². The molecule has 0 N–H and O–H groups in total. The molecular weight excluding hydrogens is 260 g/mol. The molecule has 0 radical (unpaired) electrons. The summed E-state index contributed by atoms with van der Waals surface area (Å²) in [5, 5.41) is 10.9. The highest BCUT2D eigenvalue weighted by molar-refractivity contribution is 8.03. The van der Waals surface area contributed by atoms with Gasteiger partial charge in [-0.2, -0.15) is 5.26 Å². The highest BCUT2D eigenvalue weighted by Gasteiger charge is 2.24. The van der Waals surface area contributed by atoms with Crippen molar-refractivity contribution in [3.05, 3.63) is 23.3 Å². The number of carbonyl (C=O) groups excluding carboxylic acids is 1. The van der Waals surface area contributed by atoms with Gasteiger partial charge >= 0.3 is 0 Å². The molecule has 1 saturated heterocycles. The zero-order chi connectivity index (χ0) is 13.8. The van der Waals surface area contributed by atoms with Crippen LogP contribution in [0.25, 0.3) is 0 Å². The Morgan fingerprint density at radius 1 is 1.53 bits per heavy atom. The first-order chi connectivity index (χ1) is 9.17. The van der Waals surface area contributed by atoms with Gasteiger partial charge in [-0.15, -0.1) is 0 Å². The third-order valence-corrected chi connectivity index (χ3v) is 3.72. The fraction of sp³-hybridized carbons (Fsp3) is 0.429. The van der Waals surface area contributed by atoms with E-state index < -0.39 is 0 Å². The smallest absolute Gasteiger partial charge is 0.253 e. The molecule has 1 amide bonds. The molecule has 19 heavy (non-hydrogen) atoms. The van der Waals surface area contributed by atoms with Crippen molar-refractivity contribution in [1.29, 1.82) is 5.26 Å². The molecule has 0 unspecified atom stereocenters. The van der Waals surface area contributed by atoms with Crippen LogP contribution in [-0.2, 0) is 16.0 Å². The molecule has 1 aromatic carbocycles. The third-order valence-electron chi connectivity index (χ3n) is 3.15. The summed E-state index contributed by atoms with van der Waals surface area (Å²) in [5.74, 6) is 0.00439. The summed E-state index contributed by atoms with van der Waals surface area (Å²) in [5.41, 5.74) is 3.12. The Bertz CT molecular complexity index is 537. The second-order valence-corrected chi connectivity index (χ2v) is 5.25. The van der Waals surface area contributed by atoms with Crippen molar-refractivity contribution >= 4 is 23.4 Å². The molecule has 0 aliphatic carbocycles. The van der Waals surface area contributed by atoms with Crippen LogP contribution in [0.4, 0.5) is 5.69 Å². The van der Waals surface area contributed by atoms with Crippen LogP contribution in [0.5, 0.6) is 0 Å². The average molecular weight is 276 g/mol. The van der Waals surface area contributed by atoms with E-state index in [1.54, 1.807) is 4.90 Å². The summed E-state index contributed by atoms with van der Waals surface area (Å²) in [6.45, 7) is 5.36. The van der Waals surface area contributed by atoms with E-state index in [0.717, 1.165) is 39.9 Å². The summed E-state index contributed by atoms with van der Waals surface area (Å²) in [6, 6.07) is 3.96. The highest BCUT2D eigenvalue weighted by Crippen LogP contribution is 2.32. The number of nitrogens with zero attached hydrogens (tertiary/aromatic N) is 2. The molecule has 0 bridgehead atoms. The van der Waals surface area contributed by atoms with Crippen LogP contribution in [0, 0.1) is 17.6 Å². The van der Waals surface area contributed by atoms with Gasteiger partial charge in [-0.25, -0.2) is 0 Å². The number of amides is 1. The number of thioether (sulfide) groups is 1. The third kappa shape index (κ3) is 2.91. The van der Waals surface area contributed by atoms with E-state index in [-0.39, 0.29) is 12.5 Å². The van der Waals surface area contributed by atoms with Gasteiger partial charge in [0.2, 0.25) is 0 Å². The minimum absolute atomic E-state index is 0.00439. The predicted octanol–water partition coefficient (Wildman–Crippen LogP) is 2.49. The Labute approximate surface area is 117 Å². The normalized spacial score (nSPS) is 15.4. The van der Waals surface area contributed by atoms with Crippen molar-refractivity contribution in [1.82, 2.24) is 0 Å². The summed E-state index contributed by atoms with van der Waals surface area (Å²) in [7, 11) is 0. The van der Waals surface area contributed by atoms with E-state index >= 15 is 0 Å². The van der Waals surface area contributed by atoms with Gasteiger partial charge in [-0.1, -0.05) is 6.92 Å². The van der Waals surface area contributed by atoms with E-state index in [1.807, 2.05) is 19.1 Å². The van der Waals surface area contributed by atoms with E-state index in [2.05, 4.69) is 12.3 Å². The standard InChI is InChI=1S/C14H16N2O2S/c1-3-11-7-12(19-9-15)6-10(2)14(11)16-4-5-18-8-13(16)17/h6-7H,3-5,8H2,1-2H3. The summed E-state index contributed by atoms with van der Waals surface area (Å²) in [4.78, 5) is 14.7. The molecule has 1 fully saturated rings. The van der Waals surface area contributed by atoms with E-state index in [0.29, 0.717) is 13.2 Å². The van der Waals surface area contributed by atoms with Crippen LogP contribution in [0.2, 0.25) is 0 Å². The van der Waals surface area contributed by atoms with Crippen LogP contribution in [0.1, 0.15) is 18.1 Å². The number of rotatable bonds is 3. The lowest BCUT2D eigenvalue weighted by Gasteiger charge is -2.30. The monoisotopic (exact) mass is 276 g/mol. The molecule has 100 valence electrons. The van der Waals surface area contributed by atoms with Crippen LogP contribution in [0.3, 0.4) is 0 Å². The molecule has 0 atom stereocenters. The van der Waals surface area contributed by atoms with Crippen LogP contribution >= 0.6 is 11.8 Å². The molecular formula is C14H16N2O2S. The molecule has 1 aliphatic heterocycles. The maximum Gasteiger partial charge on any atom is 0.253 e. The van der Waals surface area contributed by atoms with Crippen molar-refractivity contribution in [2.45, 2.75) is 25.2 Å². The molecule has 5 heteroatoms. The maximum atomic E-state index is 12.0.